The zero-order valence-corrected chi connectivity index (χ0v) is 12.2. The van der Waals surface area contributed by atoms with Gasteiger partial charge in [0.2, 0.25) is 0 Å². The average Bonchev–Trinajstić information content (AvgIpc) is 2.97. The molecular weight excluding hydrogens is 262 g/mol. The first kappa shape index (κ1) is 14.2. The van der Waals surface area contributed by atoms with Gasteiger partial charge in [-0.25, -0.2) is 0 Å². The van der Waals surface area contributed by atoms with Gasteiger partial charge in [-0.15, -0.1) is 0 Å². The fourth-order valence-electron chi connectivity index (χ4n) is 2.04. The Bertz CT molecular complexity index is 493. The van der Waals surface area contributed by atoms with Gasteiger partial charge in [-0.3, -0.25) is 9.58 Å². The molecule has 2 rings (SSSR count). The first-order chi connectivity index (χ1) is 9.19. The quantitative estimate of drug-likeness (QED) is 0.779. The van der Waals surface area contributed by atoms with E-state index in [1.165, 1.54) is 6.42 Å². The topological polar surface area (TPSA) is 34.2 Å². The Hall–Kier alpha value is -1.26. The van der Waals surface area contributed by atoms with Gasteiger partial charge in [0.05, 0.1) is 23.5 Å². The highest BCUT2D eigenvalue weighted by molar-refractivity contribution is 6.31. The predicted octanol–water partition coefficient (Wildman–Crippen LogP) is 3.47. The Morgan fingerprint density at radius 2 is 2.26 bits per heavy atom. The molecule has 2 heterocycles. The van der Waals surface area contributed by atoms with Gasteiger partial charge < -0.3 is 4.42 Å². The largest absolute Gasteiger partial charge is 0.468 e. The highest BCUT2D eigenvalue weighted by Crippen LogP contribution is 2.17. The van der Waals surface area contributed by atoms with E-state index >= 15 is 0 Å². The fraction of sp³-hybridized carbons (Fsp3) is 0.500. The number of furan rings is 1. The summed E-state index contributed by atoms with van der Waals surface area (Å²) in [5, 5.41) is 5.13. The summed E-state index contributed by atoms with van der Waals surface area (Å²) >= 11 is 6.17. The minimum absolute atomic E-state index is 0.725. The van der Waals surface area contributed by atoms with Gasteiger partial charge in [0, 0.05) is 19.8 Å². The number of rotatable bonds is 7. The number of halogens is 1. The smallest absolute Gasteiger partial charge is 0.117 e. The van der Waals surface area contributed by atoms with Crippen molar-refractivity contribution in [2.24, 2.45) is 7.05 Å². The van der Waals surface area contributed by atoms with Crippen molar-refractivity contribution in [3.05, 3.63) is 41.1 Å². The molecular formula is C14H20ClN3O. The van der Waals surface area contributed by atoms with Crippen LogP contribution in [0.1, 0.15) is 31.2 Å². The van der Waals surface area contributed by atoms with Crippen LogP contribution in [0.2, 0.25) is 5.02 Å². The third kappa shape index (κ3) is 4.11. The maximum absolute atomic E-state index is 6.17. The zero-order valence-electron chi connectivity index (χ0n) is 11.5. The molecule has 0 aliphatic carbocycles. The average molecular weight is 282 g/mol. The van der Waals surface area contributed by atoms with Crippen LogP contribution in [0.4, 0.5) is 0 Å². The number of hydrogen-bond acceptors (Lipinski definition) is 3. The van der Waals surface area contributed by atoms with Crippen LogP contribution in [0.3, 0.4) is 0 Å². The molecule has 0 saturated carbocycles. The number of aromatic nitrogens is 2. The second kappa shape index (κ2) is 6.78. The molecule has 5 heteroatoms. The Morgan fingerprint density at radius 1 is 1.42 bits per heavy atom. The van der Waals surface area contributed by atoms with E-state index in [2.05, 4.69) is 16.9 Å². The molecule has 0 saturated heterocycles. The molecule has 0 fully saturated rings. The van der Waals surface area contributed by atoms with Crippen LogP contribution in [0.15, 0.2) is 29.0 Å². The van der Waals surface area contributed by atoms with E-state index in [4.69, 9.17) is 16.0 Å². The van der Waals surface area contributed by atoms with Gasteiger partial charge in [0.15, 0.2) is 0 Å². The third-order valence-electron chi connectivity index (χ3n) is 3.02. The first-order valence-corrected chi connectivity index (χ1v) is 6.99. The molecule has 0 aliphatic rings. The Morgan fingerprint density at radius 3 is 2.84 bits per heavy atom. The van der Waals surface area contributed by atoms with Gasteiger partial charge >= 0.3 is 0 Å². The lowest BCUT2D eigenvalue weighted by molar-refractivity contribution is 0.229. The standard InChI is InChI=1S/C14H20ClN3O/c1-3-4-7-18(9-12-6-5-8-19-12)11-14-13(15)10-17(2)16-14/h5-6,8,10H,3-4,7,9,11H2,1-2H3. The van der Waals surface area contributed by atoms with Crippen LogP contribution in [-0.4, -0.2) is 21.2 Å². The van der Waals surface area contributed by atoms with E-state index in [1.54, 1.807) is 10.9 Å². The van der Waals surface area contributed by atoms with Crippen molar-refractivity contribution >= 4 is 11.6 Å². The van der Waals surface area contributed by atoms with E-state index < -0.39 is 0 Å². The Kier molecular flexibility index (Phi) is 5.05. The van der Waals surface area contributed by atoms with Gasteiger partial charge in [-0.05, 0) is 25.1 Å². The summed E-state index contributed by atoms with van der Waals surface area (Å²) in [6.07, 6.45) is 5.87. The highest BCUT2D eigenvalue weighted by atomic mass is 35.5. The summed E-state index contributed by atoms with van der Waals surface area (Å²) in [6.45, 7) is 4.75. The van der Waals surface area contributed by atoms with Crippen LogP contribution in [0, 0.1) is 0 Å². The Balaban J connectivity index is 2.02. The van der Waals surface area contributed by atoms with Crippen molar-refractivity contribution < 1.29 is 4.42 Å². The molecule has 0 atom stereocenters. The predicted molar refractivity (Wildman–Crippen MR) is 75.9 cm³/mol. The van der Waals surface area contributed by atoms with Gasteiger partial charge in [-0.2, -0.15) is 5.10 Å². The molecule has 0 amide bonds. The molecule has 104 valence electrons. The van der Waals surface area contributed by atoms with Crippen LogP contribution in [0.25, 0.3) is 0 Å². The second-order valence-electron chi connectivity index (χ2n) is 4.74. The van der Waals surface area contributed by atoms with E-state index in [-0.39, 0.29) is 0 Å². The van der Waals surface area contributed by atoms with E-state index in [0.717, 1.165) is 42.5 Å². The lowest BCUT2D eigenvalue weighted by atomic mass is 10.2. The van der Waals surface area contributed by atoms with E-state index in [0.29, 0.717) is 0 Å². The maximum atomic E-state index is 6.17. The van der Waals surface area contributed by atoms with Crippen molar-refractivity contribution in [3.63, 3.8) is 0 Å². The molecule has 0 aromatic carbocycles. The van der Waals surface area contributed by atoms with Crippen LogP contribution < -0.4 is 0 Å². The number of aryl methyl sites for hydroxylation is 1. The van der Waals surface area contributed by atoms with Crippen molar-refractivity contribution in [2.45, 2.75) is 32.9 Å². The molecule has 0 N–H and O–H groups in total. The van der Waals surface area contributed by atoms with Gasteiger partial charge in [0.25, 0.3) is 0 Å². The molecule has 2 aromatic rings. The van der Waals surface area contributed by atoms with E-state index in [1.807, 2.05) is 25.4 Å². The van der Waals surface area contributed by atoms with Crippen molar-refractivity contribution in [2.75, 3.05) is 6.54 Å². The van der Waals surface area contributed by atoms with Crippen LogP contribution in [-0.2, 0) is 20.1 Å². The minimum atomic E-state index is 0.725. The SMILES string of the molecule is CCCCN(Cc1ccco1)Cc1nn(C)cc1Cl. The first-order valence-electron chi connectivity index (χ1n) is 6.61. The maximum Gasteiger partial charge on any atom is 0.117 e. The van der Waals surface area contributed by atoms with Crippen molar-refractivity contribution in [1.82, 2.24) is 14.7 Å². The molecule has 0 aliphatic heterocycles. The van der Waals surface area contributed by atoms with Crippen LogP contribution in [0.5, 0.6) is 0 Å². The molecule has 4 nitrogen and oxygen atoms in total. The van der Waals surface area contributed by atoms with Gasteiger partial charge in [-0.1, -0.05) is 24.9 Å². The Labute approximate surface area is 119 Å². The molecule has 0 radical (unpaired) electrons. The molecule has 0 unspecified atom stereocenters. The monoisotopic (exact) mass is 281 g/mol. The summed E-state index contributed by atoms with van der Waals surface area (Å²) in [7, 11) is 1.89. The van der Waals surface area contributed by atoms with Crippen molar-refractivity contribution in [3.8, 4) is 0 Å². The number of nitrogens with zero attached hydrogens (tertiary/aromatic N) is 3. The summed E-state index contributed by atoms with van der Waals surface area (Å²) < 4.78 is 7.17. The van der Waals surface area contributed by atoms with E-state index in [9.17, 15) is 0 Å². The lowest BCUT2D eigenvalue weighted by Gasteiger charge is -2.20. The number of unbranched alkanes of at least 4 members (excludes halogenated alkanes) is 1. The molecule has 19 heavy (non-hydrogen) atoms. The minimum Gasteiger partial charge on any atom is -0.468 e. The van der Waals surface area contributed by atoms with Crippen molar-refractivity contribution in [1.29, 1.82) is 0 Å². The van der Waals surface area contributed by atoms with Crippen LogP contribution >= 0.6 is 11.6 Å². The second-order valence-corrected chi connectivity index (χ2v) is 5.15. The van der Waals surface area contributed by atoms with Gasteiger partial charge in [0.1, 0.15) is 5.76 Å². The summed E-state index contributed by atoms with van der Waals surface area (Å²) in [5.41, 5.74) is 0.923. The summed E-state index contributed by atoms with van der Waals surface area (Å²) in [4.78, 5) is 2.32. The molecule has 0 bridgehead atoms. The lowest BCUT2D eigenvalue weighted by Crippen LogP contribution is -2.24. The summed E-state index contributed by atoms with van der Waals surface area (Å²) in [5.74, 6) is 0.975. The molecule has 2 aromatic heterocycles. The molecule has 0 spiro atoms. The zero-order chi connectivity index (χ0) is 13.7. The highest BCUT2D eigenvalue weighted by Gasteiger charge is 2.13. The normalized spacial score (nSPS) is 11.4. The summed E-state index contributed by atoms with van der Waals surface area (Å²) in [6, 6.07) is 3.92. The number of hydrogen-bond donors (Lipinski definition) is 0. The fourth-order valence-corrected chi connectivity index (χ4v) is 2.28. The third-order valence-corrected chi connectivity index (χ3v) is 3.33.